The number of hydrogen-bond donors (Lipinski definition) is 1. The minimum absolute atomic E-state index is 0.00305. The van der Waals surface area contributed by atoms with Crippen molar-refractivity contribution in [1.82, 2.24) is 10.2 Å². The number of piperazine rings is 1. The van der Waals surface area contributed by atoms with E-state index < -0.39 is 0 Å². The summed E-state index contributed by atoms with van der Waals surface area (Å²) in [6.07, 6.45) is 0. The summed E-state index contributed by atoms with van der Waals surface area (Å²) in [7, 11) is 0. The zero-order valence-electron chi connectivity index (χ0n) is 13.3. The molecule has 2 atom stereocenters. The molecule has 1 fully saturated rings. The highest BCUT2D eigenvalue weighted by Gasteiger charge is 2.41. The van der Waals surface area contributed by atoms with E-state index in [4.69, 9.17) is 0 Å². The third-order valence-electron chi connectivity index (χ3n) is 4.50. The average Bonchev–Trinajstić information content (AvgIpc) is 2.28. The Kier molecular flexibility index (Phi) is 4.64. The molecule has 0 saturated carbocycles. The van der Waals surface area contributed by atoms with E-state index in [1.54, 1.807) is 11.8 Å². The van der Waals surface area contributed by atoms with Gasteiger partial charge < -0.3 is 10.2 Å². The van der Waals surface area contributed by atoms with E-state index in [0.717, 1.165) is 0 Å². The normalized spacial score (nSPS) is 25.2. The largest absolute Gasteiger partial charge is 0.342 e. The second kappa shape index (κ2) is 5.51. The first-order valence-electron chi connectivity index (χ1n) is 7.18. The fourth-order valence-corrected chi connectivity index (χ4v) is 2.13. The molecule has 0 aromatic heterocycles. The van der Waals surface area contributed by atoms with Gasteiger partial charge in [0.1, 0.15) is 12.1 Å². The number of carbonyl (C=O) groups excluding carboxylic acids is 2. The van der Waals surface area contributed by atoms with Gasteiger partial charge in [0, 0.05) is 6.54 Å². The summed E-state index contributed by atoms with van der Waals surface area (Å²) >= 11 is 0. The Bertz CT molecular complexity index is 361. The van der Waals surface area contributed by atoms with Crippen LogP contribution in [-0.2, 0) is 9.59 Å². The summed E-state index contributed by atoms with van der Waals surface area (Å²) in [5, 5.41) is 2.83. The summed E-state index contributed by atoms with van der Waals surface area (Å²) in [6, 6.07) is -0.757. The van der Waals surface area contributed by atoms with Crippen LogP contribution in [0.2, 0.25) is 0 Å². The van der Waals surface area contributed by atoms with Crippen molar-refractivity contribution in [2.45, 2.75) is 60.5 Å². The maximum atomic E-state index is 12.5. The van der Waals surface area contributed by atoms with Crippen molar-refractivity contribution in [2.24, 2.45) is 17.3 Å². The van der Waals surface area contributed by atoms with Crippen LogP contribution in [0.4, 0.5) is 0 Å². The smallest absolute Gasteiger partial charge is 0.246 e. The zero-order chi connectivity index (χ0) is 15.0. The maximum Gasteiger partial charge on any atom is 0.246 e. The Hall–Kier alpha value is -1.06. The quantitative estimate of drug-likeness (QED) is 0.848. The molecule has 0 aromatic carbocycles. The Labute approximate surface area is 116 Å². The Balaban J connectivity index is 2.96. The Morgan fingerprint density at radius 2 is 1.74 bits per heavy atom. The number of nitrogens with zero attached hydrogens (tertiary/aromatic N) is 1. The molecule has 2 unspecified atom stereocenters. The molecule has 1 saturated heterocycles. The van der Waals surface area contributed by atoms with Crippen molar-refractivity contribution in [3.05, 3.63) is 0 Å². The van der Waals surface area contributed by atoms with Crippen LogP contribution >= 0.6 is 0 Å². The van der Waals surface area contributed by atoms with Gasteiger partial charge in [-0.15, -0.1) is 0 Å². The van der Waals surface area contributed by atoms with Gasteiger partial charge in [0.15, 0.2) is 0 Å². The fourth-order valence-electron chi connectivity index (χ4n) is 2.13. The molecule has 0 spiro atoms. The van der Waals surface area contributed by atoms with Crippen LogP contribution < -0.4 is 5.32 Å². The highest BCUT2D eigenvalue weighted by atomic mass is 16.2. The lowest BCUT2D eigenvalue weighted by molar-refractivity contribution is -0.151. The van der Waals surface area contributed by atoms with E-state index in [-0.39, 0.29) is 35.2 Å². The van der Waals surface area contributed by atoms with E-state index in [2.05, 4.69) is 33.0 Å². The molecule has 2 amide bonds. The topological polar surface area (TPSA) is 49.4 Å². The van der Waals surface area contributed by atoms with Crippen LogP contribution in [-0.4, -0.2) is 35.3 Å². The van der Waals surface area contributed by atoms with Gasteiger partial charge in [0.25, 0.3) is 0 Å². The van der Waals surface area contributed by atoms with Gasteiger partial charge in [-0.05, 0) is 24.2 Å². The Morgan fingerprint density at radius 3 is 2.16 bits per heavy atom. The van der Waals surface area contributed by atoms with Gasteiger partial charge in [-0.1, -0.05) is 41.5 Å². The molecule has 4 nitrogen and oxygen atoms in total. The average molecular weight is 268 g/mol. The predicted octanol–water partition coefficient (Wildman–Crippen LogP) is 2.04. The molecule has 110 valence electrons. The van der Waals surface area contributed by atoms with Crippen molar-refractivity contribution in [2.75, 3.05) is 6.54 Å². The Morgan fingerprint density at radius 1 is 1.21 bits per heavy atom. The molecule has 1 aliphatic rings. The number of rotatable bonds is 4. The molecule has 1 N–H and O–H groups in total. The van der Waals surface area contributed by atoms with Crippen molar-refractivity contribution < 1.29 is 9.59 Å². The van der Waals surface area contributed by atoms with Crippen LogP contribution in [0.15, 0.2) is 0 Å². The van der Waals surface area contributed by atoms with Crippen LogP contribution in [0.1, 0.15) is 48.5 Å². The summed E-state index contributed by atoms with van der Waals surface area (Å²) in [6.45, 7) is 15.0. The summed E-state index contributed by atoms with van der Waals surface area (Å²) in [5.74, 6) is 0.581. The van der Waals surface area contributed by atoms with Crippen LogP contribution in [0, 0.1) is 17.3 Å². The van der Waals surface area contributed by atoms with Gasteiger partial charge in [-0.2, -0.15) is 0 Å². The van der Waals surface area contributed by atoms with Gasteiger partial charge >= 0.3 is 0 Å². The highest BCUT2D eigenvalue weighted by Crippen LogP contribution is 2.29. The SMILES string of the molecule is CC(C)C1NC(=O)C(C)N(CC(C)(C)C(C)C)C1=O. The van der Waals surface area contributed by atoms with Crippen LogP contribution in [0.25, 0.3) is 0 Å². The molecule has 0 radical (unpaired) electrons. The zero-order valence-corrected chi connectivity index (χ0v) is 13.3. The lowest BCUT2D eigenvalue weighted by atomic mass is 9.80. The van der Waals surface area contributed by atoms with Crippen molar-refractivity contribution in [3.63, 3.8) is 0 Å². The van der Waals surface area contributed by atoms with E-state index in [1.165, 1.54) is 0 Å². The van der Waals surface area contributed by atoms with Gasteiger partial charge in [0.2, 0.25) is 11.8 Å². The minimum Gasteiger partial charge on any atom is -0.342 e. The number of carbonyl (C=O) groups is 2. The van der Waals surface area contributed by atoms with E-state index in [0.29, 0.717) is 12.5 Å². The standard InChI is InChI=1S/C15H28N2O2/c1-9(2)12-14(19)17(11(5)13(18)16-12)8-15(6,7)10(3)4/h9-12H,8H2,1-7H3,(H,16,18). The molecule has 1 heterocycles. The molecule has 0 aliphatic carbocycles. The first-order valence-corrected chi connectivity index (χ1v) is 7.18. The summed E-state index contributed by atoms with van der Waals surface area (Å²) < 4.78 is 0. The molecule has 0 aromatic rings. The fraction of sp³-hybridized carbons (Fsp3) is 0.867. The molecular formula is C15H28N2O2. The van der Waals surface area contributed by atoms with Crippen molar-refractivity contribution in [3.8, 4) is 0 Å². The first-order chi connectivity index (χ1) is 8.58. The van der Waals surface area contributed by atoms with E-state index >= 15 is 0 Å². The third kappa shape index (κ3) is 3.28. The van der Waals surface area contributed by atoms with Gasteiger partial charge in [-0.3, -0.25) is 9.59 Å². The van der Waals surface area contributed by atoms with Crippen LogP contribution in [0.3, 0.4) is 0 Å². The molecule has 1 rings (SSSR count). The van der Waals surface area contributed by atoms with Crippen molar-refractivity contribution >= 4 is 11.8 Å². The van der Waals surface area contributed by atoms with E-state index in [1.807, 2.05) is 13.8 Å². The maximum absolute atomic E-state index is 12.5. The molecule has 1 aliphatic heterocycles. The first kappa shape index (κ1) is 16.0. The number of amides is 2. The molecule has 0 bridgehead atoms. The van der Waals surface area contributed by atoms with Gasteiger partial charge in [-0.25, -0.2) is 0 Å². The third-order valence-corrected chi connectivity index (χ3v) is 4.50. The highest BCUT2D eigenvalue weighted by molar-refractivity contribution is 5.96. The molecular weight excluding hydrogens is 240 g/mol. The molecule has 4 heteroatoms. The van der Waals surface area contributed by atoms with Crippen molar-refractivity contribution in [1.29, 1.82) is 0 Å². The monoisotopic (exact) mass is 268 g/mol. The second-order valence-corrected chi connectivity index (χ2v) is 7.02. The summed E-state index contributed by atoms with van der Waals surface area (Å²) in [5.41, 5.74) is 0.00305. The van der Waals surface area contributed by atoms with E-state index in [9.17, 15) is 9.59 Å². The molecule has 19 heavy (non-hydrogen) atoms. The predicted molar refractivity (Wildman–Crippen MR) is 76.6 cm³/mol. The van der Waals surface area contributed by atoms with Crippen LogP contribution in [0.5, 0.6) is 0 Å². The van der Waals surface area contributed by atoms with Gasteiger partial charge in [0.05, 0.1) is 0 Å². The minimum atomic E-state index is -0.383. The lowest BCUT2D eigenvalue weighted by Gasteiger charge is -2.43. The lowest BCUT2D eigenvalue weighted by Crippen LogP contribution is -2.65. The summed E-state index contributed by atoms with van der Waals surface area (Å²) in [4.78, 5) is 26.3. The second-order valence-electron chi connectivity index (χ2n) is 7.02. The number of nitrogens with one attached hydrogen (secondary N) is 1. The number of hydrogen-bond acceptors (Lipinski definition) is 2.